The van der Waals surface area contributed by atoms with E-state index in [1.165, 1.54) is 4.90 Å². The fraction of sp³-hybridized carbons (Fsp3) is 0.212. The third kappa shape index (κ3) is 5.52. The average molecular weight is 577 g/mol. The minimum atomic E-state index is -4.79. The molecule has 0 radical (unpaired) electrons. The van der Waals surface area contributed by atoms with E-state index in [4.69, 9.17) is 0 Å². The van der Waals surface area contributed by atoms with Gasteiger partial charge in [0.05, 0.1) is 23.6 Å². The number of halogens is 4. The highest BCUT2D eigenvalue weighted by Gasteiger charge is 2.53. The number of carbonyl (C=O) groups is 2. The van der Waals surface area contributed by atoms with Gasteiger partial charge in [-0.2, -0.15) is 13.2 Å². The van der Waals surface area contributed by atoms with Crippen LogP contribution in [0.2, 0.25) is 0 Å². The lowest BCUT2D eigenvalue weighted by Gasteiger charge is -2.48. The van der Waals surface area contributed by atoms with E-state index in [0.29, 0.717) is 22.8 Å². The lowest BCUT2D eigenvalue weighted by Crippen LogP contribution is -2.56. The van der Waals surface area contributed by atoms with Gasteiger partial charge in [-0.3, -0.25) is 9.59 Å². The molecule has 2 atom stereocenters. The maximum atomic E-state index is 14.4. The fourth-order valence-corrected chi connectivity index (χ4v) is 5.65. The number of hydrogen-bond acceptors (Lipinski definition) is 3. The molecule has 0 aliphatic carbocycles. The van der Waals surface area contributed by atoms with Gasteiger partial charge in [0.1, 0.15) is 5.82 Å². The molecule has 5 rings (SSSR count). The Morgan fingerprint density at radius 1 is 0.905 bits per heavy atom. The van der Waals surface area contributed by atoms with Crippen molar-refractivity contribution in [2.24, 2.45) is 0 Å². The van der Waals surface area contributed by atoms with Gasteiger partial charge in [-0.05, 0) is 59.0 Å². The SMILES string of the molecule is C[C@]1(C(=O)NCc2ccccc2)c2ccccc2C(=O)N(Cc2cc(F)cc(C(F)(F)F)c2)[C@H]1c1ccc(CO)cc1. The van der Waals surface area contributed by atoms with Crippen LogP contribution in [0.3, 0.4) is 0 Å². The molecule has 0 bridgehead atoms. The summed E-state index contributed by atoms with van der Waals surface area (Å²) in [7, 11) is 0. The van der Waals surface area contributed by atoms with E-state index < -0.39 is 40.8 Å². The van der Waals surface area contributed by atoms with Crippen molar-refractivity contribution < 1.29 is 32.3 Å². The molecule has 0 saturated carbocycles. The summed E-state index contributed by atoms with van der Waals surface area (Å²) in [6, 6.07) is 23.8. The molecule has 0 unspecified atom stereocenters. The molecule has 42 heavy (non-hydrogen) atoms. The number of nitrogens with zero attached hydrogens (tertiary/aromatic N) is 1. The highest BCUT2D eigenvalue weighted by Crippen LogP contribution is 2.48. The molecule has 9 heteroatoms. The van der Waals surface area contributed by atoms with Crippen molar-refractivity contribution in [1.82, 2.24) is 10.2 Å². The minimum absolute atomic E-state index is 0.0703. The first kappa shape index (κ1) is 29.0. The van der Waals surface area contributed by atoms with Gasteiger partial charge in [0.15, 0.2) is 0 Å². The van der Waals surface area contributed by atoms with Crippen LogP contribution < -0.4 is 5.32 Å². The monoisotopic (exact) mass is 576 g/mol. The van der Waals surface area contributed by atoms with Gasteiger partial charge in [-0.15, -0.1) is 0 Å². The molecule has 0 fully saturated rings. The molecule has 4 aromatic rings. The first-order chi connectivity index (χ1) is 20.0. The third-order valence-corrected chi connectivity index (χ3v) is 7.72. The van der Waals surface area contributed by atoms with E-state index in [-0.39, 0.29) is 30.8 Å². The van der Waals surface area contributed by atoms with Crippen LogP contribution in [0.25, 0.3) is 0 Å². The van der Waals surface area contributed by atoms with Crippen LogP contribution in [0.15, 0.2) is 97.1 Å². The minimum Gasteiger partial charge on any atom is -0.392 e. The number of hydrogen-bond donors (Lipinski definition) is 2. The molecule has 0 spiro atoms. The Morgan fingerprint density at radius 2 is 1.57 bits per heavy atom. The summed E-state index contributed by atoms with van der Waals surface area (Å²) in [5.41, 5.74) is 0.0281. The number of fused-ring (bicyclic) bond motifs is 1. The Bertz CT molecular complexity index is 1610. The van der Waals surface area contributed by atoms with E-state index in [2.05, 4.69) is 5.32 Å². The maximum Gasteiger partial charge on any atom is 0.416 e. The number of aliphatic hydroxyl groups is 1. The van der Waals surface area contributed by atoms with Gasteiger partial charge < -0.3 is 15.3 Å². The van der Waals surface area contributed by atoms with Crippen LogP contribution in [0.1, 0.15) is 56.7 Å². The summed E-state index contributed by atoms with van der Waals surface area (Å²) in [5.74, 6) is -1.99. The summed E-state index contributed by atoms with van der Waals surface area (Å²) in [6.07, 6.45) is -4.79. The normalized spacial score (nSPS) is 18.5. The van der Waals surface area contributed by atoms with Crippen molar-refractivity contribution in [3.8, 4) is 0 Å². The van der Waals surface area contributed by atoms with Gasteiger partial charge in [0.2, 0.25) is 5.91 Å². The van der Waals surface area contributed by atoms with Crippen molar-refractivity contribution in [1.29, 1.82) is 0 Å². The first-order valence-electron chi connectivity index (χ1n) is 13.3. The number of alkyl halides is 3. The highest BCUT2D eigenvalue weighted by atomic mass is 19.4. The zero-order valence-corrected chi connectivity index (χ0v) is 22.7. The Balaban J connectivity index is 1.66. The lowest BCUT2D eigenvalue weighted by molar-refractivity contribution is -0.137. The van der Waals surface area contributed by atoms with Crippen LogP contribution in [0.4, 0.5) is 17.6 Å². The Morgan fingerprint density at radius 3 is 2.24 bits per heavy atom. The zero-order chi connectivity index (χ0) is 30.1. The van der Waals surface area contributed by atoms with Crippen molar-refractivity contribution >= 4 is 11.8 Å². The zero-order valence-electron chi connectivity index (χ0n) is 22.7. The van der Waals surface area contributed by atoms with Gasteiger partial charge in [-0.25, -0.2) is 4.39 Å². The number of aliphatic hydroxyl groups excluding tert-OH is 1. The quantitative estimate of drug-likeness (QED) is 0.254. The Labute approximate surface area is 240 Å². The van der Waals surface area contributed by atoms with E-state index in [9.17, 15) is 32.3 Å². The molecule has 1 aliphatic heterocycles. The molecule has 216 valence electrons. The summed E-state index contributed by atoms with van der Waals surface area (Å²) in [5, 5.41) is 12.6. The molecule has 1 aliphatic rings. The number of amides is 2. The van der Waals surface area contributed by atoms with E-state index >= 15 is 0 Å². The molecule has 1 heterocycles. The predicted octanol–water partition coefficient (Wildman–Crippen LogP) is 6.31. The predicted molar refractivity (Wildman–Crippen MR) is 148 cm³/mol. The average Bonchev–Trinajstić information content (AvgIpc) is 2.98. The van der Waals surface area contributed by atoms with Crippen LogP contribution in [-0.2, 0) is 36.1 Å². The van der Waals surface area contributed by atoms with Gasteiger partial charge >= 0.3 is 6.18 Å². The van der Waals surface area contributed by atoms with Crippen LogP contribution in [0.5, 0.6) is 0 Å². The second-order valence-electron chi connectivity index (χ2n) is 10.5. The Hall–Kier alpha value is -4.50. The van der Waals surface area contributed by atoms with Crippen molar-refractivity contribution in [2.75, 3.05) is 0 Å². The molecule has 4 aromatic carbocycles. The summed E-state index contributed by atoms with van der Waals surface area (Å²) >= 11 is 0. The van der Waals surface area contributed by atoms with Crippen molar-refractivity contribution in [3.05, 3.63) is 142 Å². The number of rotatable bonds is 7. The highest BCUT2D eigenvalue weighted by molar-refractivity contribution is 6.03. The van der Waals surface area contributed by atoms with Crippen LogP contribution >= 0.6 is 0 Å². The maximum absolute atomic E-state index is 14.4. The number of carbonyl (C=O) groups excluding carboxylic acids is 2. The smallest absolute Gasteiger partial charge is 0.392 e. The Kier molecular flexibility index (Phi) is 7.88. The van der Waals surface area contributed by atoms with E-state index in [0.717, 1.165) is 17.7 Å². The molecule has 2 amide bonds. The number of benzene rings is 4. The summed E-state index contributed by atoms with van der Waals surface area (Å²) in [4.78, 5) is 29.6. The van der Waals surface area contributed by atoms with Gasteiger partial charge in [-0.1, -0.05) is 72.8 Å². The standard InChI is InChI=1S/C33H28F4N2O3/c1-32(31(42)38-18-21-7-3-2-4-8-21)28-10-6-5-9-27(28)30(41)39(29(32)24-13-11-22(20-40)12-14-24)19-23-15-25(33(35,36)37)17-26(34)16-23/h2-17,29,40H,18-20H2,1H3,(H,38,42)/t29-,32-/m0/s1. The topological polar surface area (TPSA) is 69.6 Å². The largest absolute Gasteiger partial charge is 0.416 e. The van der Waals surface area contributed by atoms with E-state index in [1.54, 1.807) is 55.5 Å². The molecule has 0 aromatic heterocycles. The van der Waals surface area contributed by atoms with Gasteiger partial charge in [0.25, 0.3) is 5.91 Å². The molecule has 2 N–H and O–H groups in total. The van der Waals surface area contributed by atoms with Crippen LogP contribution in [-0.4, -0.2) is 21.8 Å². The first-order valence-corrected chi connectivity index (χ1v) is 13.3. The second kappa shape index (κ2) is 11.4. The molecule has 0 saturated heterocycles. The van der Waals surface area contributed by atoms with Crippen molar-refractivity contribution in [2.45, 2.75) is 44.3 Å². The molecular formula is C33H28F4N2O3. The molecule has 5 nitrogen and oxygen atoms in total. The van der Waals surface area contributed by atoms with Crippen molar-refractivity contribution in [3.63, 3.8) is 0 Å². The lowest BCUT2D eigenvalue weighted by atomic mass is 9.67. The second-order valence-corrected chi connectivity index (χ2v) is 10.5. The summed E-state index contributed by atoms with van der Waals surface area (Å²) < 4.78 is 55.0. The van der Waals surface area contributed by atoms with Crippen LogP contribution in [0, 0.1) is 5.82 Å². The summed E-state index contributed by atoms with van der Waals surface area (Å²) in [6.45, 7) is 1.29. The van der Waals surface area contributed by atoms with Gasteiger partial charge in [0, 0.05) is 18.7 Å². The molecular weight excluding hydrogens is 548 g/mol. The third-order valence-electron chi connectivity index (χ3n) is 7.72. The fourth-order valence-electron chi connectivity index (χ4n) is 5.65. The van der Waals surface area contributed by atoms with E-state index in [1.807, 2.05) is 30.3 Å². The number of nitrogens with one attached hydrogen (secondary N) is 1.